The Balaban J connectivity index is 0.000000523. The molecule has 1 aromatic carbocycles. The first-order valence-electron chi connectivity index (χ1n) is 16.9. The van der Waals surface area contributed by atoms with Gasteiger partial charge in [-0.1, -0.05) is 67.9 Å². The van der Waals surface area contributed by atoms with Gasteiger partial charge in [0.25, 0.3) is 5.91 Å². The molecule has 0 aliphatic carbocycles. The lowest BCUT2D eigenvalue weighted by atomic mass is 9.88. The van der Waals surface area contributed by atoms with E-state index in [4.69, 9.17) is 5.73 Å². The molecule has 0 aromatic heterocycles. The Morgan fingerprint density at radius 1 is 1.02 bits per heavy atom. The number of likely N-dealkylation sites (tertiary alicyclic amines) is 1. The Labute approximate surface area is 264 Å². The molecule has 1 aliphatic rings. The number of carbonyl (C=O) groups excluding carboxylic acids is 2. The average Bonchev–Trinajstić information content (AvgIpc) is 2.95. The van der Waals surface area contributed by atoms with Gasteiger partial charge in [-0.15, -0.1) is 0 Å². The molecule has 6 heteroatoms. The van der Waals surface area contributed by atoms with Crippen molar-refractivity contribution in [3.63, 3.8) is 0 Å². The van der Waals surface area contributed by atoms with Crippen molar-refractivity contribution in [2.45, 2.75) is 127 Å². The minimum atomic E-state index is -0.650. The lowest BCUT2D eigenvalue weighted by molar-refractivity contribution is -0.121. The van der Waals surface area contributed by atoms with E-state index in [9.17, 15) is 9.59 Å². The van der Waals surface area contributed by atoms with Gasteiger partial charge >= 0.3 is 0 Å². The molecule has 1 amide bonds. The van der Waals surface area contributed by atoms with Crippen LogP contribution >= 0.6 is 0 Å². The molecule has 244 valence electrons. The van der Waals surface area contributed by atoms with Crippen molar-refractivity contribution in [2.75, 3.05) is 26.2 Å². The first-order valence-corrected chi connectivity index (χ1v) is 16.9. The number of rotatable bonds is 14. The molecule has 1 aliphatic heterocycles. The van der Waals surface area contributed by atoms with Crippen LogP contribution in [0.4, 0.5) is 0 Å². The Kier molecular flexibility index (Phi) is 16.9. The normalized spacial score (nSPS) is 16.2. The highest BCUT2D eigenvalue weighted by atomic mass is 16.2. The third-order valence-corrected chi connectivity index (χ3v) is 8.36. The lowest BCUT2D eigenvalue weighted by Crippen LogP contribution is -2.38. The summed E-state index contributed by atoms with van der Waals surface area (Å²) in [7, 11) is 0. The molecule has 1 atom stereocenters. The van der Waals surface area contributed by atoms with Crippen LogP contribution in [0.1, 0.15) is 136 Å². The number of piperidine rings is 1. The molecule has 1 fully saturated rings. The molecule has 2 rings (SSSR count). The van der Waals surface area contributed by atoms with Crippen LogP contribution in [-0.2, 0) is 4.79 Å². The van der Waals surface area contributed by atoms with E-state index in [2.05, 4.69) is 87.5 Å². The zero-order chi connectivity index (χ0) is 32.7. The topological polar surface area (TPSA) is 79.0 Å². The Morgan fingerprint density at radius 2 is 1.58 bits per heavy atom. The molecule has 1 unspecified atom stereocenters. The van der Waals surface area contributed by atoms with E-state index >= 15 is 0 Å². The summed E-state index contributed by atoms with van der Waals surface area (Å²) < 4.78 is 0. The number of amides is 1. The largest absolute Gasteiger partial charge is 0.387 e. The van der Waals surface area contributed by atoms with Crippen molar-refractivity contribution in [2.24, 2.45) is 28.5 Å². The van der Waals surface area contributed by atoms with Gasteiger partial charge in [0.15, 0.2) is 5.78 Å². The van der Waals surface area contributed by atoms with Crippen molar-refractivity contribution in [3.05, 3.63) is 41.0 Å². The number of ketones is 1. The first kappa shape index (κ1) is 38.4. The number of aryl methyl sites for hydroxylation is 1. The van der Waals surface area contributed by atoms with Crippen molar-refractivity contribution >= 4 is 23.2 Å². The van der Waals surface area contributed by atoms with E-state index in [-0.39, 0.29) is 17.6 Å². The van der Waals surface area contributed by atoms with Crippen LogP contribution < -0.4 is 5.73 Å². The zero-order valence-corrected chi connectivity index (χ0v) is 29.6. The smallest absolute Gasteiger partial charge is 0.253 e. The molecular weight excluding hydrogens is 532 g/mol. The second-order valence-electron chi connectivity index (χ2n) is 13.3. The average molecular weight is 597 g/mol. The van der Waals surface area contributed by atoms with Gasteiger partial charge < -0.3 is 15.5 Å². The SMILES string of the molecule is CC(=O)C(C)(CC(C)C)N=C(N)C(C)C.CC/C=C(/c1cc(C)cc(C(=O)N2CCC(CC)CC2)c1)N(CCC)CCC. The fourth-order valence-corrected chi connectivity index (χ4v) is 5.77. The number of nitrogens with two attached hydrogens (primary N) is 1. The predicted octanol–water partition coefficient (Wildman–Crippen LogP) is 8.52. The van der Waals surface area contributed by atoms with Gasteiger partial charge in [-0.05, 0) is 100 Å². The maximum Gasteiger partial charge on any atom is 0.253 e. The van der Waals surface area contributed by atoms with Gasteiger partial charge in [0, 0.05) is 43.4 Å². The van der Waals surface area contributed by atoms with E-state index in [1.807, 2.05) is 20.8 Å². The summed E-state index contributed by atoms with van der Waals surface area (Å²) in [5, 5.41) is 0. The lowest BCUT2D eigenvalue weighted by Gasteiger charge is -2.32. The molecule has 0 spiro atoms. The molecular formula is C37H64N4O2. The summed E-state index contributed by atoms with van der Waals surface area (Å²) in [4.78, 5) is 33.7. The van der Waals surface area contributed by atoms with E-state index < -0.39 is 5.54 Å². The minimum Gasteiger partial charge on any atom is -0.387 e. The third kappa shape index (κ3) is 12.5. The Bertz CT molecular complexity index is 1060. The molecule has 1 heterocycles. The van der Waals surface area contributed by atoms with Crippen LogP contribution in [0.5, 0.6) is 0 Å². The zero-order valence-electron chi connectivity index (χ0n) is 29.6. The van der Waals surface area contributed by atoms with E-state index in [1.165, 1.54) is 23.2 Å². The number of nitrogens with zero attached hydrogens (tertiary/aromatic N) is 3. The fraction of sp³-hybridized carbons (Fsp3) is 0.703. The van der Waals surface area contributed by atoms with Crippen LogP contribution in [-0.4, -0.2) is 59.0 Å². The van der Waals surface area contributed by atoms with Gasteiger partial charge in [-0.2, -0.15) is 0 Å². The van der Waals surface area contributed by atoms with Crippen molar-refractivity contribution in [3.8, 4) is 0 Å². The summed E-state index contributed by atoms with van der Waals surface area (Å²) in [6.07, 6.45) is 9.84. The highest BCUT2D eigenvalue weighted by molar-refractivity contribution is 5.95. The fourth-order valence-electron chi connectivity index (χ4n) is 5.77. The standard InChI is InChI=1S/C25H40N2O.C12H24N2O/c1-6-10-24(26(13-7-2)14-8-3)22-17-20(5)18-23(19-22)25(28)27-15-11-21(9-4)12-16-27;1-8(2)7-12(6,10(5)15)14-11(13)9(3)4/h10,17-19,21H,6-9,11-16H2,1-5H3;8-9H,7H2,1-6H3,(H2,13,14)/b24-10-;. The summed E-state index contributed by atoms with van der Waals surface area (Å²) >= 11 is 0. The number of amidine groups is 1. The highest BCUT2D eigenvalue weighted by Crippen LogP contribution is 2.26. The van der Waals surface area contributed by atoms with E-state index in [0.717, 1.165) is 76.2 Å². The molecule has 0 radical (unpaired) electrons. The first-order chi connectivity index (χ1) is 20.2. The van der Waals surface area contributed by atoms with Crippen LogP contribution in [0.15, 0.2) is 29.3 Å². The van der Waals surface area contributed by atoms with Crippen LogP contribution in [0.25, 0.3) is 5.70 Å². The summed E-state index contributed by atoms with van der Waals surface area (Å²) in [6, 6.07) is 6.42. The Morgan fingerprint density at radius 3 is 2.02 bits per heavy atom. The van der Waals surface area contributed by atoms with Gasteiger partial charge in [-0.3, -0.25) is 14.6 Å². The summed E-state index contributed by atoms with van der Waals surface area (Å²) in [5.41, 5.74) is 9.65. The molecule has 0 saturated carbocycles. The molecule has 6 nitrogen and oxygen atoms in total. The maximum absolute atomic E-state index is 13.2. The molecule has 0 bridgehead atoms. The van der Waals surface area contributed by atoms with Crippen LogP contribution in [0, 0.1) is 24.7 Å². The van der Waals surface area contributed by atoms with Gasteiger partial charge in [-0.25, -0.2) is 0 Å². The number of carbonyl (C=O) groups is 2. The monoisotopic (exact) mass is 597 g/mol. The second-order valence-corrected chi connectivity index (χ2v) is 13.3. The van der Waals surface area contributed by atoms with E-state index in [1.54, 1.807) is 6.92 Å². The van der Waals surface area contributed by atoms with Gasteiger partial charge in [0.05, 0.1) is 5.84 Å². The Hall–Kier alpha value is -2.63. The summed E-state index contributed by atoms with van der Waals surface area (Å²) in [6.45, 7) is 26.5. The van der Waals surface area contributed by atoms with Crippen molar-refractivity contribution in [1.29, 1.82) is 0 Å². The van der Waals surface area contributed by atoms with E-state index in [0.29, 0.717) is 11.8 Å². The molecule has 43 heavy (non-hydrogen) atoms. The number of hydrogen-bond acceptors (Lipinski definition) is 4. The predicted molar refractivity (Wildman–Crippen MR) is 186 cm³/mol. The van der Waals surface area contributed by atoms with Crippen molar-refractivity contribution in [1.82, 2.24) is 9.80 Å². The maximum atomic E-state index is 13.2. The van der Waals surface area contributed by atoms with Crippen LogP contribution in [0.2, 0.25) is 0 Å². The quantitative estimate of drug-likeness (QED) is 0.172. The van der Waals surface area contributed by atoms with Crippen LogP contribution in [0.3, 0.4) is 0 Å². The molecule has 2 N–H and O–H groups in total. The number of benzene rings is 1. The number of hydrogen-bond donors (Lipinski definition) is 1. The van der Waals surface area contributed by atoms with Crippen molar-refractivity contribution < 1.29 is 9.59 Å². The third-order valence-electron chi connectivity index (χ3n) is 8.36. The number of aliphatic imine (C=N–C) groups is 1. The minimum absolute atomic E-state index is 0.0831. The number of Topliss-reactive ketones (excluding diaryl/α,β-unsaturated/α-hetero) is 1. The molecule has 1 aromatic rings. The number of allylic oxidation sites excluding steroid dienone is 1. The van der Waals surface area contributed by atoms with Gasteiger partial charge in [0.2, 0.25) is 0 Å². The second kappa shape index (κ2) is 18.9. The summed E-state index contributed by atoms with van der Waals surface area (Å²) in [5.74, 6) is 2.26. The van der Waals surface area contributed by atoms with Gasteiger partial charge in [0.1, 0.15) is 5.54 Å². The molecule has 1 saturated heterocycles. The highest BCUT2D eigenvalue weighted by Gasteiger charge is 2.30.